The minimum atomic E-state index is -4.55. The molecule has 4 aromatic rings. The number of fused-ring (bicyclic) bond motifs is 1. The van der Waals surface area contributed by atoms with Gasteiger partial charge in [0.15, 0.2) is 5.82 Å². The molecule has 2 amide bonds. The van der Waals surface area contributed by atoms with Crippen molar-refractivity contribution in [2.75, 3.05) is 43.7 Å². The fourth-order valence-electron chi connectivity index (χ4n) is 5.34. The maximum atomic E-state index is 13.0. The second-order valence-electron chi connectivity index (χ2n) is 9.94. The molecule has 42 heavy (non-hydrogen) atoms. The summed E-state index contributed by atoms with van der Waals surface area (Å²) in [5.41, 5.74) is 10.0. The van der Waals surface area contributed by atoms with Crippen LogP contribution < -0.4 is 16.4 Å². The number of rotatable bonds is 9. The number of nitrogens with zero attached hydrogens (tertiary/aromatic N) is 5. The van der Waals surface area contributed by atoms with Crippen molar-refractivity contribution in [3.05, 3.63) is 65.7 Å². The van der Waals surface area contributed by atoms with E-state index in [1.165, 1.54) is 6.33 Å². The predicted octanol–water partition coefficient (Wildman–Crippen LogP) is 4.79. The van der Waals surface area contributed by atoms with Crippen LogP contribution in [-0.2, 0) is 28.8 Å². The van der Waals surface area contributed by atoms with Crippen LogP contribution in [0.1, 0.15) is 29.7 Å². The number of carbonyl (C=O) groups excluding carboxylic acids is 1. The quantitative estimate of drug-likeness (QED) is 0.256. The summed E-state index contributed by atoms with van der Waals surface area (Å²) in [6, 6.07) is 8.14. The Hall–Kier alpha value is -4.27. The van der Waals surface area contributed by atoms with Crippen LogP contribution in [0.2, 0.25) is 0 Å². The molecule has 1 aliphatic rings. The Kier molecular flexibility index (Phi) is 8.56. The molecule has 1 aromatic carbocycles. The van der Waals surface area contributed by atoms with Crippen molar-refractivity contribution in [1.82, 2.24) is 24.5 Å². The first-order valence-electron chi connectivity index (χ1n) is 13.3. The zero-order chi connectivity index (χ0) is 29.9. The fourth-order valence-corrected chi connectivity index (χ4v) is 5.34. The van der Waals surface area contributed by atoms with Gasteiger partial charge in [-0.25, -0.2) is 19.3 Å². The topological polar surface area (TPSA) is 132 Å². The third-order valence-electron chi connectivity index (χ3n) is 7.22. The van der Waals surface area contributed by atoms with Gasteiger partial charge in [-0.3, -0.25) is 10.2 Å². The molecule has 14 heteroatoms. The molecular formula is C28H31F3N8O3. The second kappa shape index (κ2) is 12.3. The number of nitrogen functional groups attached to an aromatic ring is 1. The van der Waals surface area contributed by atoms with E-state index >= 15 is 0 Å². The van der Waals surface area contributed by atoms with Crippen LogP contribution in [-0.4, -0.2) is 63.9 Å². The van der Waals surface area contributed by atoms with Crippen LogP contribution in [0.5, 0.6) is 0 Å². The summed E-state index contributed by atoms with van der Waals surface area (Å²) in [4.78, 5) is 22.9. The highest BCUT2D eigenvalue weighted by atomic mass is 19.4. The largest absolute Gasteiger partial charge is 0.416 e. The first-order chi connectivity index (χ1) is 20.2. The van der Waals surface area contributed by atoms with Gasteiger partial charge in [-0.15, -0.1) is 0 Å². The van der Waals surface area contributed by atoms with E-state index in [9.17, 15) is 18.0 Å². The van der Waals surface area contributed by atoms with Gasteiger partial charge in [0.2, 0.25) is 0 Å². The Morgan fingerprint density at radius 1 is 1.12 bits per heavy atom. The monoisotopic (exact) mass is 584 g/mol. The molecule has 222 valence electrons. The van der Waals surface area contributed by atoms with Crippen LogP contribution in [0.25, 0.3) is 16.6 Å². The Morgan fingerprint density at radius 2 is 1.90 bits per heavy atom. The average Bonchev–Trinajstić information content (AvgIpc) is 3.52. The number of aromatic nitrogens is 4. The highest BCUT2D eigenvalue weighted by Gasteiger charge is 2.31. The molecule has 5 rings (SSSR count). The van der Waals surface area contributed by atoms with Gasteiger partial charge >= 0.3 is 12.2 Å². The first kappa shape index (κ1) is 29.2. The normalized spacial score (nSPS) is 15.8. The lowest BCUT2D eigenvalue weighted by Crippen LogP contribution is -2.33. The summed E-state index contributed by atoms with van der Waals surface area (Å²) in [5, 5.41) is 9.48. The summed E-state index contributed by atoms with van der Waals surface area (Å²) in [6.45, 7) is 2.50. The molecular weight excluding hydrogens is 553 g/mol. The Balaban J connectivity index is 1.42. The predicted molar refractivity (Wildman–Crippen MR) is 151 cm³/mol. The van der Waals surface area contributed by atoms with Crippen LogP contribution in [0.4, 0.5) is 35.3 Å². The fraction of sp³-hybridized carbons (Fsp3) is 0.357. The number of hydrogen-bond acceptors (Lipinski definition) is 8. The molecule has 3 aromatic heterocycles. The molecule has 1 fully saturated rings. The smallest absolute Gasteiger partial charge is 0.383 e. The number of pyridine rings is 1. The molecule has 11 nitrogen and oxygen atoms in total. The van der Waals surface area contributed by atoms with Crippen molar-refractivity contribution in [3.63, 3.8) is 0 Å². The van der Waals surface area contributed by atoms with Gasteiger partial charge in [0, 0.05) is 49.8 Å². The highest BCUT2D eigenvalue weighted by molar-refractivity contribution is 5.99. The minimum Gasteiger partial charge on any atom is -0.383 e. The number of amides is 2. The van der Waals surface area contributed by atoms with E-state index in [2.05, 4.69) is 30.6 Å². The lowest BCUT2D eigenvalue weighted by atomic mass is 10.0. The number of benzene rings is 1. The minimum absolute atomic E-state index is 0.225. The third kappa shape index (κ3) is 6.15. The van der Waals surface area contributed by atoms with Crippen LogP contribution in [0, 0.1) is 0 Å². The molecule has 0 unspecified atom stereocenters. The summed E-state index contributed by atoms with van der Waals surface area (Å²) in [7, 11) is 3.33. The van der Waals surface area contributed by atoms with Crippen LogP contribution in [0.15, 0.2) is 48.9 Å². The lowest BCUT2D eigenvalue weighted by molar-refractivity contribution is -0.137. The molecule has 1 saturated heterocycles. The van der Waals surface area contributed by atoms with Gasteiger partial charge < -0.3 is 20.5 Å². The standard InChI is InChI=1S/C28H31F3N8O3/c1-41-14-20-4-3-11-38(20)13-22-21(15-42-2)24(25-26(32)34-16-35-39(22)25)17-5-7-19(8-6-17)36-27(40)37-23-12-18(9-10-33-23)28(29,30)31/h5-10,12,16,20H,3-4,11,13-15H2,1-2H3,(H2,32,34,35)(H2,33,36,37,40)/t20-/m1/s1. The number of anilines is 3. The summed E-state index contributed by atoms with van der Waals surface area (Å²) in [6.07, 6.45) is -0.0176. The molecule has 0 aliphatic carbocycles. The van der Waals surface area contributed by atoms with Crippen LogP contribution >= 0.6 is 0 Å². The summed E-state index contributed by atoms with van der Waals surface area (Å²) < 4.78 is 51.8. The van der Waals surface area contributed by atoms with E-state index in [0.29, 0.717) is 42.8 Å². The highest BCUT2D eigenvalue weighted by Crippen LogP contribution is 2.37. The number of likely N-dealkylation sites (tertiary alicyclic amines) is 1. The number of nitrogens with one attached hydrogen (secondary N) is 2. The van der Waals surface area contributed by atoms with Crippen molar-refractivity contribution in [2.24, 2.45) is 0 Å². The summed E-state index contributed by atoms with van der Waals surface area (Å²) >= 11 is 0. The van der Waals surface area contributed by atoms with Crippen molar-refractivity contribution in [3.8, 4) is 11.1 Å². The van der Waals surface area contributed by atoms with Gasteiger partial charge in [0.25, 0.3) is 0 Å². The van der Waals surface area contributed by atoms with Crippen LogP contribution in [0.3, 0.4) is 0 Å². The molecule has 1 atom stereocenters. The van der Waals surface area contributed by atoms with Gasteiger partial charge in [-0.1, -0.05) is 12.1 Å². The summed E-state index contributed by atoms with van der Waals surface area (Å²) in [5.74, 6) is 0.0887. The van der Waals surface area contributed by atoms with E-state index in [0.717, 1.165) is 60.1 Å². The van der Waals surface area contributed by atoms with Crippen molar-refractivity contribution in [2.45, 2.75) is 38.2 Å². The Morgan fingerprint density at radius 3 is 2.62 bits per heavy atom. The molecule has 4 heterocycles. The molecule has 0 bridgehead atoms. The van der Waals surface area contributed by atoms with Gasteiger partial charge in [-0.05, 0) is 49.2 Å². The molecule has 0 spiro atoms. The first-order valence-corrected chi connectivity index (χ1v) is 13.3. The van der Waals surface area contributed by atoms with Gasteiger partial charge in [0.1, 0.15) is 17.7 Å². The Bertz CT molecular complexity index is 1560. The van der Waals surface area contributed by atoms with E-state index in [1.807, 2.05) is 16.6 Å². The number of methoxy groups -OCH3 is 2. The van der Waals surface area contributed by atoms with Crippen molar-refractivity contribution < 1.29 is 27.4 Å². The maximum Gasteiger partial charge on any atom is 0.416 e. The van der Waals surface area contributed by atoms with Gasteiger partial charge in [0.05, 0.1) is 24.5 Å². The number of halogens is 3. The number of carbonyl (C=O) groups is 1. The number of alkyl halides is 3. The zero-order valence-corrected chi connectivity index (χ0v) is 23.1. The third-order valence-corrected chi connectivity index (χ3v) is 7.22. The van der Waals surface area contributed by atoms with E-state index in [4.69, 9.17) is 15.2 Å². The van der Waals surface area contributed by atoms with E-state index in [-0.39, 0.29) is 5.82 Å². The Labute approximate surface area is 239 Å². The number of ether oxygens (including phenoxy) is 2. The van der Waals surface area contributed by atoms with E-state index < -0.39 is 17.8 Å². The second-order valence-corrected chi connectivity index (χ2v) is 9.94. The molecule has 0 radical (unpaired) electrons. The molecule has 4 N–H and O–H groups in total. The average molecular weight is 585 g/mol. The van der Waals surface area contributed by atoms with Crippen molar-refractivity contribution >= 4 is 28.9 Å². The lowest BCUT2D eigenvalue weighted by Gasteiger charge is -2.24. The van der Waals surface area contributed by atoms with Gasteiger partial charge in [-0.2, -0.15) is 18.3 Å². The molecule has 1 aliphatic heterocycles. The van der Waals surface area contributed by atoms with Crippen molar-refractivity contribution in [1.29, 1.82) is 0 Å². The van der Waals surface area contributed by atoms with E-state index in [1.54, 1.807) is 26.4 Å². The number of hydrogen-bond donors (Lipinski definition) is 3. The molecule has 0 saturated carbocycles. The zero-order valence-electron chi connectivity index (χ0n) is 23.1. The number of nitrogens with two attached hydrogens (primary N) is 1. The number of urea groups is 1. The maximum absolute atomic E-state index is 13.0. The SMILES string of the molecule is COCc1c(-c2ccc(NC(=O)Nc3cc(C(F)(F)F)ccn3)cc2)c2c(N)ncnn2c1CN1CCC[C@@H]1COC.